The van der Waals surface area contributed by atoms with Crippen LogP contribution in [0.15, 0.2) is 23.4 Å². The summed E-state index contributed by atoms with van der Waals surface area (Å²) in [5.41, 5.74) is 0.261. The Balaban J connectivity index is 2.21. The lowest BCUT2D eigenvalue weighted by Crippen LogP contribution is -2.41. The highest BCUT2D eigenvalue weighted by Gasteiger charge is 2.35. The van der Waals surface area contributed by atoms with Gasteiger partial charge < -0.3 is 0 Å². The second kappa shape index (κ2) is 5.41. The van der Waals surface area contributed by atoms with Crippen LogP contribution in [-0.2, 0) is 10.0 Å². The number of pyridine rings is 1. The van der Waals surface area contributed by atoms with Crippen LogP contribution in [0.5, 0.6) is 0 Å². The summed E-state index contributed by atoms with van der Waals surface area (Å²) in [4.78, 5) is 3.69. The minimum absolute atomic E-state index is 0.0746. The summed E-state index contributed by atoms with van der Waals surface area (Å²) in [5.74, 6) is -0.796. The van der Waals surface area contributed by atoms with Crippen molar-refractivity contribution in [2.45, 2.75) is 50.6 Å². The normalized spacial score (nSPS) is 20.2. The molecular formula is C14H21FN2O2S. The molecule has 20 heavy (non-hydrogen) atoms. The van der Waals surface area contributed by atoms with E-state index >= 15 is 0 Å². The monoisotopic (exact) mass is 300 g/mol. The van der Waals surface area contributed by atoms with E-state index in [4.69, 9.17) is 0 Å². The molecule has 112 valence electrons. The minimum atomic E-state index is -3.86. The molecule has 1 aromatic rings. The average molecular weight is 300 g/mol. The number of sulfonamides is 1. The van der Waals surface area contributed by atoms with Crippen LogP contribution in [0.2, 0.25) is 0 Å². The molecule has 0 aliphatic heterocycles. The second-order valence-corrected chi connectivity index (χ2v) is 8.12. The highest BCUT2D eigenvalue weighted by molar-refractivity contribution is 7.89. The maximum Gasteiger partial charge on any atom is 0.263 e. The van der Waals surface area contributed by atoms with Gasteiger partial charge in [-0.25, -0.2) is 17.8 Å². The zero-order chi connectivity index (χ0) is 15.0. The molecule has 1 fully saturated rings. The van der Waals surface area contributed by atoms with Gasteiger partial charge in [0.2, 0.25) is 5.03 Å². The number of rotatable bonds is 3. The Bertz CT molecular complexity index is 577. The predicted molar refractivity (Wildman–Crippen MR) is 75.2 cm³/mol. The molecule has 0 unspecified atom stereocenters. The standard InChI is InChI=1S/C14H21FN2O2S/c1-14(2)8-6-11(7-9-14)17(3)20(18,19)13-12(15)5-4-10-16-13/h4-5,10-11H,6-9H2,1-3H3. The minimum Gasteiger partial charge on any atom is -0.241 e. The third-order valence-electron chi connectivity index (χ3n) is 4.17. The van der Waals surface area contributed by atoms with E-state index in [0.717, 1.165) is 31.7 Å². The molecule has 0 N–H and O–H groups in total. The molecule has 0 bridgehead atoms. The molecule has 1 heterocycles. The summed E-state index contributed by atoms with van der Waals surface area (Å²) in [6, 6.07) is 2.43. The number of hydrogen-bond acceptors (Lipinski definition) is 3. The molecule has 1 aliphatic rings. The van der Waals surface area contributed by atoms with Gasteiger partial charge in [0.25, 0.3) is 10.0 Å². The Kier molecular flexibility index (Phi) is 4.16. The third kappa shape index (κ3) is 3.01. The smallest absolute Gasteiger partial charge is 0.241 e. The van der Waals surface area contributed by atoms with Crippen molar-refractivity contribution in [3.8, 4) is 0 Å². The third-order valence-corrected chi connectivity index (χ3v) is 6.02. The first-order valence-corrected chi connectivity index (χ1v) is 8.27. The Labute approximate surface area is 120 Å². The maximum absolute atomic E-state index is 13.7. The largest absolute Gasteiger partial charge is 0.263 e. The highest BCUT2D eigenvalue weighted by Crippen LogP contribution is 2.37. The fourth-order valence-corrected chi connectivity index (χ4v) is 4.03. The molecule has 6 heteroatoms. The first-order valence-electron chi connectivity index (χ1n) is 6.83. The summed E-state index contributed by atoms with van der Waals surface area (Å²) in [6.07, 6.45) is 4.85. The molecule has 0 saturated heterocycles. The van der Waals surface area contributed by atoms with Crippen molar-refractivity contribution in [3.63, 3.8) is 0 Å². The summed E-state index contributed by atoms with van der Waals surface area (Å²) < 4.78 is 39.8. The summed E-state index contributed by atoms with van der Waals surface area (Å²) in [7, 11) is -2.34. The van der Waals surface area contributed by atoms with Gasteiger partial charge in [0, 0.05) is 19.3 Å². The van der Waals surface area contributed by atoms with E-state index in [1.165, 1.54) is 23.6 Å². The molecule has 2 rings (SSSR count). The first-order chi connectivity index (χ1) is 9.24. The van der Waals surface area contributed by atoms with E-state index in [-0.39, 0.29) is 11.5 Å². The van der Waals surface area contributed by atoms with Crippen LogP contribution >= 0.6 is 0 Å². The molecule has 0 amide bonds. The molecular weight excluding hydrogens is 279 g/mol. The Morgan fingerprint density at radius 3 is 2.50 bits per heavy atom. The molecule has 1 saturated carbocycles. The number of halogens is 1. The number of aromatic nitrogens is 1. The van der Waals surface area contributed by atoms with Crippen molar-refractivity contribution in [2.75, 3.05) is 7.05 Å². The van der Waals surface area contributed by atoms with E-state index in [1.54, 1.807) is 0 Å². The SMILES string of the molecule is CN(C1CCC(C)(C)CC1)S(=O)(=O)c1ncccc1F. The van der Waals surface area contributed by atoms with Crippen LogP contribution in [0.4, 0.5) is 4.39 Å². The van der Waals surface area contributed by atoms with Gasteiger partial charge in [0.15, 0.2) is 5.82 Å². The fourth-order valence-electron chi connectivity index (χ4n) is 2.64. The molecule has 0 aromatic carbocycles. The highest BCUT2D eigenvalue weighted by atomic mass is 32.2. The molecule has 0 spiro atoms. The van der Waals surface area contributed by atoms with Gasteiger partial charge in [0.05, 0.1) is 0 Å². The van der Waals surface area contributed by atoms with Crippen LogP contribution in [-0.4, -0.2) is 30.8 Å². The summed E-state index contributed by atoms with van der Waals surface area (Å²) in [5, 5.41) is -0.479. The fraction of sp³-hybridized carbons (Fsp3) is 0.643. The lowest BCUT2D eigenvalue weighted by molar-refractivity contribution is 0.173. The van der Waals surface area contributed by atoms with Gasteiger partial charge in [-0.15, -0.1) is 0 Å². The second-order valence-electron chi connectivity index (χ2n) is 6.21. The Morgan fingerprint density at radius 2 is 1.95 bits per heavy atom. The van der Waals surface area contributed by atoms with Crippen molar-refractivity contribution in [2.24, 2.45) is 5.41 Å². The van der Waals surface area contributed by atoms with E-state index in [0.29, 0.717) is 0 Å². The van der Waals surface area contributed by atoms with Gasteiger partial charge in [-0.1, -0.05) is 13.8 Å². The van der Waals surface area contributed by atoms with Gasteiger partial charge in [-0.2, -0.15) is 4.31 Å². The van der Waals surface area contributed by atoms with Crippen molar-refractivity contribution in [1.82, 2.24) is 9.29 Å². The van der Waals surface area contributed by atoms with Crippen molar-refractivity contribution >= 4 is 10.0 Å². The molecule has 1 aromatic heterocycles. The van der Waals surface area contributed by atoms with Gasteiger partial charge in [-0.05, 0) is 43.2 Å². The summed E-state index contributed by atoms with van der Waals surface area (Å²) in [6.45, 7) is 4.38. The van der Waals surface area contributed by atoms with Crippen molar-refractivity contribution < 1.29 is 12.8 Å². The molecule has 0 atom stereocenters. The lowest BCUT2D eigenvalue weighted by atomic mass is 9.76. The first kappa shape index (κ1) is 15.4. The number of nitrogens with zero attached hydrogens (tertiary/aromatic N) is 2. The van der Waals surface area contributed by atoms with Crippen molar-refractivity contribution in [3.05, 3.63) is 24.1 Å². The van der Waals surface area contributed by atoms with Gasteiger partial charge >= 0.3 is 0 Å². The Hall–Kier alpha value is -1.01. The zero-order valence-electron chi connectivity index (χ0n) is 12.1. The molecule has 4 nitrogen and oxygen atoms in total. The van der Waals surface area contributed by atoms with Crippen LogP contribution in [0.25, 0.3) is 0 Å². The van der Waals surface area contributed by atoms with Crippen LogP contribution in [0.3, 0.4) is 0 Å². The lowest BCUT2D eigenvalue weighted by Gasteiger charge is -2.37. The summed E-state index contributed by atoms with van der Waals surface area (Å²) >= 11 is 0. The van der Waals surface area contributed by atoms with E-state index in [2.05, 4.69) is 18.8 Å². The predicted octanol–water partition coefficient (Wildman–Crippen LogP) is 2.81. The quantitative estimate of drug-likeness (QED) is 0.862. The Morgan fingerprint density at radius 1 is 1.35 bits per heavy atom. The topological polar surface area (TPSA) is 50.3 Å². The zero-order valence-corrected chi connectivity index (χ0v) is 13.0. The number of hydrogen-bond donors (Lipinski definition) is 0. The van der Waals surface area contributed by atoms with Crippen LogP contribution in [0, 0.1) is 11.2 Å². The van der Waals surface area contributed by atoms with E-state index in [9.17, 15) is 12.8 Å². The van der Waals surface area contributed by atoms with Crippen LogP contribution in [0.1, 0.15) is 39.5 Å². The van der Waals surface area contributed by atoms with E-state index in [1.807, 2.05) is 0 Å². The van der Waals surface area contributed by atoms with Crippen molar-refractivity contribution in [1.29, 1.82) is 0 Å². The average Bonchev–Trinajstić information content (AvgIpc) is 2.38. The molecule has 0 radical (unpaired) electrons. The maximum atomic E-state index is 13.7. The van der Waals surface area contributed by atoms with Crippen LogP contribution < -0.4 is 0 Å². The van der Waals surface area contributed by atoms with Gasteiger partial charge in [-0.3, -0.25) is 0 Å². The van der Waals surface area contributed by atoms with E-state index < -0.39 is 20.9 Å². The van der Waals surface area contributed by atoms with Gasteiger partial charge in [0.1, 0.15) is 0 Å². The molecule has 1 aliphatic carbocycles.